The Balaban J connectivity index is 1.87. The van der Waals surface area contributed by atoms with Crippen LogP contribution < -0.4 is 5.32 Å². The summed E-state index contributed by atoms with van der Waals surface area (Å²) in [5.41, 5.74) is 0. The smallest absolute Gasteiger partial charge is 0.0630 e. The van der Waals surface area contributed by atoms with Crippen LogP contribution in [0.2, 0.25) is 0 Å². The number of fused-ring (bicyclic) bond motifs is 1. The molecule has 2 heterocycles. The summed E-state index contributed by atoms with van der Waals surface area (Å²) in [5, 5.41) is 3.27. The number of methoxy groups -OCH3 is 1. The Morgan fingerprint density at radius 1 is 1.38 bits per heavy atom. The summed E-state index contributed by atoms with van der Waals surface area (Å²) in [6.45, 7) is 6.87. The van der Waals surface area contributed by atoms with Crippen molar-refractivity contribution in [1.82, 2.24) is 15.1 Å². The lowest BCUT2D eigenvalue weighted by Crippen LogP contribution is -2.56. The summed E-state index contributed by atoms with van der Waals surface area (Å²) >= 11 is 0. The Morgan fingerprint density at radius 2 is 2.25 bits per heavy atom. The van der Waals surface area contributed by atoms with E-state index in [2.05, 4.69) is 15.1 Å². The van der Waals surface area contributed by atoms with Gasteiger partial charge in [0, 0.05) is 45.4 Å². The van der Waals surface area contributed by atoms with E-state index in [1.54, 1.807) is 7.11 Å². The quantitative estimate of drug-likeness (QED) is 0.715. The lowest BCUT2D eigenvalue weighted by atomic mass is 10.1. The third kappa shape index (κ3) is 2.74. The highest BCUT2D eigenvalue weighted by atomic mass is 16.5. The van der Waals surface area contributed by atoms with E-state index in [0.29, 0.717) is 6.04 Å². The number of hydrogen-bond acceptors (Lipinski definition) is 4. The summed E-state index contributed by atoms with van der Waals surface area (Å²) in [6.07, 6.45) is 2.77. The Kier molecular flexibility index (Phi) is 4.58. The molecule has 0 aromatic carbocycles. The van der Waals surface area contributed by atoms with E-state index in [-0.39, 0.29) is 0 Å². The molecule has 0 radical (unpaired) electrons. The highest BCUT2D eigenvalue weighted by Crippen LogP contribution is 2.22. The lowest BCUT2D eigenvalue weighted by Gasteiger charge is -2.41. The fourth-order valence-electron chi connectivity index (χ4n) is 3.07. The third-order valence-electron chi connectivity index (χ3n) is 3.93. The molecule has 2 unspecified atom stereocenters. The predicted molar refractivity (Wildman–Crippen MR) is 65.8 cm³/mol. The summed E-state index contributed by atoms with van der Waals surface area (Å²) in [7, 11) is 3.82. The van der Waals surface area contributed by atoms with E-state index in [1.807, 2.05) is 7.05 Å². The fourth-order valence-corrected chi connectivity index (χ4v) is 3.07. The van der Waals surface area contributed by atoms with E-state index < -0.39 is 0 Å². The minimum absolute atomic E-state index is 0.540. The van der Waals surface area contributed by atoms with Gasteiger partial charge in [0.15, 0.2) is 0 Å². The summed E-state index contributed by atoms with van der Waals surface area (Å²) in [5.74, 6) is 0. The topological polar surface area (TPSA) is 27.7 Å². The van der Waals surface area contributed by atoms with Gasteiger partial charge in [-0.1, -0.05) is 0 Å². The first kappa shape index (κ1) is 12.3. The number of nitrogens with one attached hydrogen (secondary N) is 1. The van der Waals surface area contributed by atoms with Gasteiger partial charge < -0.3 is 10.1 Å². The van der Waals surface area contributed by atoms with Crippen LogP contribution in [0.5, 0.6) is 0 Å². The molecule has 16 heavy (non-hydrogen) atoms. The summed E-state index contributed by atoms with van der Waals surface area (Å²) in [4.78, 5) is 5.26. The van der Waals surface area contributed by atoms with Crippen LogP contribution in [0.4, 0.5) is 0 Å². The van der Waals surface area contributed by atoms with Gasteiger partial charge in [0.1, 0.15) is 0 Å². The van der Waals surface area contributed by atoms with Crippen LogP contribution in [0, 0.1) is 0 Å². The van der Waals surface area contributed by atoms with Crippen molar-refractivity contribution >= 4 is 0 Å². The average molecular weight is 227 g/mol. The molecule has 0 saturated carbocycles. The van der Waals surface area contributed by atoms with Gasteiger partial charge in [0.2, 0.25) is 0 Å². The normalized spacial score (nSPS) is 29.2. The molecular weight excluding hydrogens is 202 g/mol. The number of ether oxygens (including phenoxy) is 1. The van der Waals surface area contributed by atoms with Crippen LogP contribution in [-0.2, 0) is 4.74 Å². The Hall–Kier alpha value is -0.160. The van der Waals surface area contributed by atoms with Gasteiger partial charge in [-0.15, -0.1) is 0 Å². The van der Waals surface area contributed by atoms with Crippen molar-refractivity contribution in [2.75, 3.05) is 53.5 Å². The molecule has 0 aliphatic carbocycles. The van der Waals surface area contributed by atoms with Gasteiger partial charge in [-0.05, 0) is 26.4 Å². The molecule has 2 aliphatic heterocycles. The van der Waals surface area contributed by atoms with Crippen LogP contribution in [0.1, 0.15) is 12.8 Å². The van der Waals surface area contributed by atoms with E-state index in [4.69, 9.17) is 4.74 Å². The second kappa shape index (κ2) is 5.96. The minimum atomic E-state index is 0.540. The van der Waals surface area contributed by atoms with Crippen LogP contribution in [0.3, 0.4) is 0 Å². The van der Waals surface area contributed by atoms with Crippen LogP contribution in [0.15, 0.2) is 0 Å². The van der Waals surface area contributed by atoms with Gasteiger partial charge in [0.05, 0.1) is 6.61 Å². The van der Waals surface area contributed by atoms with Gasteiger partial charge >= 0.3 is 0 Å². The first-order valence-corrected chi connectivity index (χ1v) is 6.46. The third-order valence-corrected chi connectivity index (χ3v) is 3.93. The number of rotatable bonds is 5. The maximum atomic E-state index is 5.33. The number of hydrogen-bond donors (Lipinski definition) is 1. The van der Waals surface area contributed by atoms with Crippen LogP contribution in [-0.4, -0.2) is 75.4 Å². The zero-order chi connectivity index (χ0) is 11.4. The summed E-state index contributed by atoms with van der Waals surface area (Å²) in [6, 6.07) is 1.35. The Bertz CT molecular complexity index is 206. The van der Waals surface area contributed by atoms with E-state index >= 15 is 0 Å². The molecular formula is C12H25N3O. The van der Waals surface area contributed by atoms with Crippen molar-refractivity contribution in [2.45, 2.75) is 24.9 Å². The fraction of sp³-hybridized carbons (Fsp3) is 1.00. The molecule has 0 aromatic rings. The monoisotopic (exact) mass is 227 g/mol. The molecule has 2 saturated heterocycles. The van der Waals surface area contributed by atoms with Crippen molar-refractivity contribution in [1.29, 1.82) is 0 Å². The van der Waals surface area contributed by atoms with Gasteiger partial charge in [-0.25, -0.2) is 0 Å². The number of nitrogens with zero attached hydrogens (tertiary/aromatic N) is 2. The molecule has 2 rings (SSSR count). The molecule has 0 spiro atoms. The zero-order valence-electron chi connectivity index (χ0n) is 10.6. The maximum Gasteiger partial charge on any atom is 0.0630 e. The van der Waals surface area contributed by atoms with E-state index in [9.17, 15) is 0 Å². The molecule has 2 fully saturated rings. The van der Waals surface area contributed by atoms with Crippen molar-refractivity contribution in [3.8, 4) is 0 Å². The van der Waals surface area contributed by atoms with Gasteiger partial charge in [-0.3, -0.25) is 9.80 Å². The van der Waals surface area contributed by atoms with Gasteiger partial charge in [-0.2, -0.15) is 0 Å². The molecule has 0 bridgehead atoms. The zero-order valence-corrected chi connectivity index (χ0v) is 10.6. The van der Waals surface area contributed by atoms with Gasteiger partial charge in [0.25, 0.3) is 0 Å². The first-order chi connectivity index (χ1) is 7.85. The van der Waals surface area contributed by atoms with Crippen LogP contribution >= 0.6 is 0 Å². The highest BCUT2D eigenvalue weighted by Gasteiger charge is 2.32. The number of piperazine rings is 1. The molecule has 0 amide bonds. The molecule has 4 nitrogen and oxygen atoms in total. The predicted octanol–water partition coefficient (Wildman–Crippen LogP) is 0.000800. The summed E-state index contributed by atoms with van der Waals surface area (Å²) < 4.78 is 5.33. The van der Waals surface area contributed by atoms with Crippen molar-refractivity contribution in [2.24, 2.45) is 0 Å². The molecule has 0 aromatic heterocycles. The second-order valence-corrected chi connectivity index (χ2v) is 4.99. The average Bonchev–Trinajstić information content (AvgIpc) is 2.75. The lowest BCUT2D eigenvalue weighted by molar-refractivity contribution is 0.0350. The van der Waals surface area contributed by atoms with E-state index in [1.165, 1.54) is 39.0 Å². The van der Waals surface area contributed by atoms with E-state index in [0.717, 1.165) is 19.2 Å². The molecule has 1 N–H and O–H groups in total. The van der Waals surface area contributed by atoms with Crippen molar-refractivity contribution in [3.05, 3.63) is 0 Å². The van der Waals surface area contributed by atoms with Crippen LogP contribution in [0.25, 0.3) is 0 Å². The molecule has 94 valence electrons. The SMILES string of the molecule is CNCC(COC)N1CCN2CCCC2C1. The Labute approximate surface area is 98.9 Å². The largest absolute Gasteiger partial charge is 0.383 e. The van der Waals surface area contributed by atoms with Crippen molar-refractivity contribution in [3.63, 3.8) is 0 Å². The first-order valence-electron chi connectivity index (χ1n) is 6.46. The molecule has 4 heteroatoms. The molecule has 2 aliphatic rings. The maximum absolute atomic E-state index is 5.33. The highest BCUT2D eigenvalue weighted by molar-refractivity contribution is 4.89. The molecule has 2 atom stereocenters. The number of likely N-dealkylation sites (N-methyl/N-ethyl adjacent to an activating group) is 1. The standard InChI is InChI=1S/C12H25N3O/c1-13-8-12(10-16-2)15-7-6-14-5-3-4-11(14)9-15/h11-13H,3-10H2,1-2H3. The van der Waals surface area contributed by atoms with Crippen molar-refractivity contribution < 1.29 is 4.74 Å². The Morgan fingerprint density at radius 3 is 3.00 bits per heavy atom. The second-order valence-electron chi connectivity index (χ2n) is 4.99. The minimum Gasteiger partial charge on any atom is -0.383 e.